The van der Waals surface area contributed by atoms with E-state index >= 15 is 0 Å². The van der Waals surface area contributed by atoms with Gasteiger partial charge in [-0.3, -0.25) is 0 Å². The molecule has 0 aliphatic heterocycles. The molecule has 0 heterocycles. The van der Waals surface area contributed by atoms with E-state index in [0.717, 1.165) is 12.8 Å². The first-order chi connectivity index (χ1) is 7.65. The topological polar surface area (TPSA) is 38.3 Å². The van der Waals surface area contributed by atoms with E-state index in [9.17, 15) is 4.79 Å². The second-order valence-corrected chi connectivity index (χ2v) is 3.81. The molecular formula is C13H23NO2. The van der Waals surface area contributed by atoms with Crippen molar-refractivity contribution in [3.63, 3.8) is 0 Å². The van der Waals surface area contributed by atoms with Crippen LogP contribution in [0.3, 0.4) is 0 Å². The quantitative estimate of drug-likeness (QED) is 0.299. The predicted octanol–water partition coefficient (Wildman–Crippen LogP) is 2.65. The van der Waals surface area contributed by atoms with Gasteiger partial charge < -0.3 is 10.1 Å². The summed E-state index contributed by atoms with van der Waals surface area (Å²) in [5.41, 5.74) is 0.591. The minimum Gasteiger partial charge on any atom is -0.462 e. The summed E-state index contributed by atoms with van der Waals surface area (Å²) in [7, 11) is 0. The molecule has 0 unspecified atom stereocenters. The molecule has 0 amide bonds. The van der Waals surface area contributed by atoms with E-state index in [-0.39, 0.29) is 5.97 Å². The van der Waals surface area contributed by atoms with E-state index in [2.05, 4.69) is 25.7 Å². The molecule has 3 heteroatoms. The summed E-state index contributed by atoms with van der Waals surface area (Å²) >= 11 is 0. The maximum Gasteiger partial charge on any atom is 0.335 e. The van der Waals surface area contributed by atoms with Gasteiger partial charge >= 0.3 is 5.97 Å². The molecule has 0 saturated carbocycles. The van der Waals surface area contributed by atoms with Gasteiger partial charge in [-0.1, -0.05) is 32.8 Å². The van der Waals surface area contributed by atoms with Crippen LogP contribution in [-0.2, 0) is 9.53 Å². The average Bonchev–Trinajstić information content (AvgIpc) is 2.30. The molecule has 0 saturated heterocycles. The van der Waals surface area contributed by atoms with Crippen LogP contribution in [0.5, 0.6) is 0 Å². The van der Waals surface area contributed by atoms with E-state index in [1.54, 1.807) is 19.2 Å². The second-order valence-electron chi connectivity index (χ2n) is 3.81. The van der Waals surface area contributed by atoms with Gasteiger partial charge in [0.1, 0.15) is 0 Å². The Balaban J connectivity index is 3.95. The Bertz CT molecular complexity index is 242. The zero-order chi connectivity index (χ0) is 12.4. The standard InChI is InChI=1S/C13H23NO2/c1-5-8-14-9-11(4)13(15)16-10-12(6-2)7-3/h5,9,12,14H,1,6-8,10H2,2-4H3/b11-9+. The summed E-state index contributed by atoms with van der Waals surface area (Å²) in [6.45, 7) is 10.7. The van der Waals surface area contributed by atoms with Crippen LogP contribution < -0.4 is 5.32 Å². The smallest absolute Gasteiger partial charge is 0.335 e. The third-order valence-corrected chi connectivity index (χ3v) is 2.51. The van der Waals surface area contributed by atoms with Gasteiger partial charge in [-0.15, -0.1) is 6.58 Å². The lowest BCUT2D eigenvalue weighted by atomic mass is 10.1. The predicted molar refractivity (Wildman–Crippen MR) is 67.0 cm³/mol. The van der Waals surface area contributed by atoms with E-state index in [0.29, 0.717) is 24.6 Å². The maximum atomic E-state index is 11.5. The van der Waals surface area contributed by atoms with Gasteiger partial charge in [0.2, 0.25) is 0 Å². The van der Waals surface area contributed by atoms with Crippen LogP contribution in [0.15, 0.2) is 24.4 Å². The fraction of sp³-hybridized carbons (Fsp3) is 0.615. The molecule has 0 aromatic heterocycles. The van der Waals surface area contributed by atoms with Crippen LogP contribution >= 0.6 is 0 Å². The van der Waals surface area contributed by atoms with Gasteiger partial charge in [0.05, 0.1) is 6.61 Å². The first-order valence-electron chi connectivity index (χ1n) is 5.83. The fourth-order valence-electron chi connectivity index (χ4n) is 1.19. The Labute approximate surface area is 98.6 Å². The van der Waals surface area contributed by atoms with Gasteiger partial charge in [-0.05, 0) is 12.8 Å². The van der Waals surface area contributed by atoms with Crippen molar-refractivity contribution in [3.05, 3.63) is 24.4 Å². The van der Waals surface area contributed by atoms with Crippen LogP contribution in [0.25, 0.3) is 0 Å². The summed E-state index contributed by atoms with van der Waals surface area (Å²) in [6, 6.07) is 0. The largest absolute Gasteiger partial charge is 0.462 e. The molecule has 0 bridgehead atoms. The Morgan fingerprint density at radius 3 is 2.56 bits per heavy atom. The molecular weight excluding hydrogens is 202 g/mol. The number of nitrogens with one attached hydrogen (secondary N) is 1. The third-order valence-electron chi connectivity index (χ3n) is 2.51. The summed E-state index contributed by atoms with van der Waals surface area (Å²) < 4.78 is 5.21. The SMILES string of the molecule is C=CCN/C=C(\C)C(=O)OCC(CC)CC. The van der Waals surface area contributed by atoms with Crippen LogP contribution in [0, 0.1) is 5.92 Å². The highest BCUT2D eigenvalue weighted by Crippen LogP contribution is 2.08. The molecule has 0 atom stereocenters. The highest BCUT2D eigenvalue weighted by atomic mass is 16.5. The third kappa shape index (κ3) is 6.27. The van der Waals surface area contributed by atoms with Crippen LogP contribution in [0.4, 0.5) is 0 Å². The first kappa shape index (κ1) is 14.8. The van der Waals surface area contributed by atoms with Crippen LogP contribution in [-0.4, -0.2) is 19.1 Å². The number of carbonyl (C=O) groups excluding carboxylic acids is 1. The molecule has 1 N–H and O–H groups in total. The highest BCUT2D eigenvalue weighted by Gasteiger charge is 2.09. The molecule has 0 aromatic rings. The molecule has 0 aliphatic carbocycles. The summed E-state index contributed by atoms with van der Waals surface area (Å²) in [5, 5.41) is 2.95. The fourth-order valence-corrected chi connectivity index (χ4v) is 1.19. The van der Waals surface area contributed by atoms with Gasteiger partial charge in [-0.25, -0.2) is 4.79 Å². The Morgan fingerprint density at radius 2 is 2.06 bits per heavy atom. The molecule has 16 heavy (non-hydrogen) atoms. The zero-order valence-electron chi connectivity index (χ0n) is 10.6. The number of hydrogen-bond donors (Lipinski definition) is 1. The van der Waals surface area contributed by atoms with Crippen molar-refractivity contribution < 1.29 is 9.53 Å². The number of carbonyl (C=O) groups is 1. The van der Waals surface area contributed by atoms with Crippen molar-refractivity contribution in [2.24, 2.45) is 5.92 Å². The monoisotopic (exact) mass is 225 g/mol. The summed E-state index contributed by atoms with van der Waals surface area (Å²) in [6.07, 6.45) is 5.48. The zero-order valence-corrected chi connectivity index (χ0v) is 10.6. The van der Waals surface area contributed by atoms with Crippen molar-refractivity contribution >= 4 is 5.97 Å². The number of rotatable bonds is 8. The van der Waals surface area contributed by atoms with Crippen LogP contribution in [0.1, 0.15) is 33.6 Å². The lowest BCUT2D eigenvalue weighted by Crippen LogP contribution is -2.15. The number of hydrogen-bond acceptors (Lipinski definition) is 3. The molecule has 0 aliphatic rings. The van der Waals surface area contributed by atoms with Gasteiger partial charge in [0.15, 0.2) is 0 Å². The molecule has 0 aromatic carbocycles. The van der Waals surface area contributed by atoms with Crippen molar-refractivity contribution in [3.8, 4) is 0 Å². The lowest BCUT2D eigenvalue weighted by Gasteiger charge is -2.12. The average molecular weight is 225 g/mol. The van der Waals surface area contributed by atoms with Gasteiger partial charge in [0.25, 0.3) is 0 Å². The summed E-state index contributed by atoms with van der Waals surface area (Å²) in [5.74, 6) is 0.223. The highest BCUT2D eigenvalue weighted by molar-refractivity contribution is 5.87. The Kier molecular flexibility index (Phi) is 8.31. The molecule has 0 fully saturated rings. The minimum absolute atomic E-state index is 0.247. The molecule has 92 valence electrons. The minimum atomic E-state index is -0.247. The summed E-state index contributed by atoms with van der Waals surface area (Å²) in [4.78, 5) is 11.5. The van der Waals surface area contributed by atoms with Crippen molar-refractivity contribution in [1.29, 1.82) is 0 Å². The van der Waals surface area contributed by atoms with Crippen molar-refractivity contribution in [2.75, 3.05) is 13.2 Å². The lowest BCUT2D eigenvalue weighted by molar-refractivity contribution is -0.140. The normalized spacial score (nSPS) is 11.4. The van der Waals surface area contributed by atoms with E-state index < -0.39 is 0 Å². The molecule has 0 rings (SSSR count). The Hall–Kier alpha value is -1.25. The van der Waals surface area contributed by atoms with Crippen molar-refractivity contribution in [1.82, 2.24) is 5.32 Å². The van der Waals surface area contributed by atoms with E-state index in [1.807, 2.05) is 0 Å². The number of esters is 1. The molecule has 0 spiro atoms. The molecule has 0 radical (unpaired) electrons. The van der Waals surface area contributed by atoms with Crippen molar-refractivity contribution in [2.45, 2.75) is 33.6 Å². The number of ether oxygens (including phenoxy) is 1. The van der Waals surface area contributed by atoms with Crippen LogP contribution in [0.2, 0.25) is 0 Å². The van der Waals surface area contributed by atoms with E-state index in [1.165, 1.54) is 0 Å². The second kappa shape index (κ2) is 9.01. The van der Waals surface area contributed by atoms with Gasteiger partial charge in [-0.2, -0.15) is 0 Å². The van der Waals surface area contributed by atoms with E-state index in [4.69, 9.17) is 4.74 Å². The maximum absolute atomic E-state index is 11.5. The first-order valence-corrected chi connectivity index (χ1v) is 5.83. The Morgan fingerprint density at radius 1 is 1.44 bits per heavy atom. The van der Waals surface area contributed by atoms with Gasteiger partial charge in [0, 0.05) is 18.3 Å². The molecule has 3 nitrogen and oxygen atoms in total.